The number of phenolic OH excluding ortho intramolecular Hbond substituents is 1. The van der Waals surface area contributed by atoms with E-state index in [0.717, 1.165) is 12.1 Å². The van der Waals surface area contributed by atoms with Gasteiger partial charge in [0, 0.05) is 0 Å². The number of hydrazone groups is 1. The molecule has 0 fully saturated rings. The molecule has 11 heteroatoms. The molecule has 2 rings (SSSR count). The summed E-state index contributed by atoms with van der Waals surface area (Å²) < 4.78 is 76.8. The maximum atomic E-state index is 13.0. The van der Waals surface area contributed by atoms with Gasteiger partial charge in [-0.05, 0) is 12.1 Å². The lowest BCUT2D eigenvalue weighted by molar-refractivity contribution is -0.297. The summed E-state index contributed by atoms with van der Waals surface area (Å²) in [5.41, 5.74) is -6.85. The van der Waals surface area contributed by atoms with E-state index in [0.29, 0.717) is 0 Å². The number of nitrogens with zero attached hydrogens (tertiary/aromatic N) is 2. The summed E-state index contributed by atoms with van der Waals surface area (Å²) in [7, 11) is 0. The molecule has 0 saturated carbocycles. The second-order valence-electron chi connectivity index (χ2n) is 4.67. The van der Waals surface area contributed by atoms with E-state index in [-0.39, 0.29) is 0 Å². The molecule has 1 aromatic rings. The number of alkyl halides is 6. The first-order valence-corrected chi connectivity index (χ1v) is 5.94. The van der Waals surface area contributed by atoms with E-state index in [1.165, 1.54) is 12.1 Å². The summed E-state index contributed by atoms with van der Waals surface area (Å²) in [4.78, 5) is 12.0. The number of aromatic hydroxyl groups is 1. The molecule has 1 aromatic carbocycles. The highest BCUT2D eigenvalue weighted by molar-refractivity contribution is 6.01. The topological polar surface area (TPSA) is 73.1 Å². The molecule has 0 bridgehead atoms. The van der Waals surface area contributed by atoms with Crippen molar-refractivity contribution < 1.29 is 41.4 Å². The number of rotatable bonds is 1. The minimum absolute atomic E-state index is 0.703. The Morgan fingerprint density at radius 1 is 1.17 bits per heavy atom. The monoisotopic (exact) mass is 342 g/mol. The Hall–Kier alpha value is -2.30. The quantitative estimate of drug-likeness (QED) is 0.770. The van der Waals surface area contributed by atoms with E-state index >= 15 is 0 Å². The molecule has 5 nitrogen and oxygen atoms in total. The molecule has 1 atom stereocenters. The Morgan fingerprint density at radius 3 is 2.22 bits per heavy atom. The molecule has 0 aliphatic carbocycles. The van der Waals surface area contributed by atoms with Crippen LogP contribution >= 0.6 is 0 Å². The van der Waals surface area contributed by atoms with E-state index in [9.17, 15) is 41.4 Å². The normalized spacial score (nSPS) is 22.2. The fourth-order valence-corrected chi connectivity index (χ4v) is 1.91. The van der Waals surface area contributed by atoms with Gasteiger partial charge in [0.2, 0.25) is 0 Å². The van der Waals surface area contributed by atoms with Crippen molar-refractivity contribution in [3.63, 3.8) is 0 Å². The average molecular weight is 342 g/mol. The molecule has 1 aliphatic heterocycles. The van der Waals surface area contributed by atoms with Crippen molar-refractivity contribution in [2.24, 2.45) is 5.10 Å². The van der Waals surface area contributed by atoms with Gasteiger partial charge in [0.25, 0.3) is 11.6 Å². The van der Waals surface area contributed by atoms with Crippen molar-refractivity contribution in [1.82, 2.24) is 5.01 Å². The lowest BCUT2D eigenvalue weighted by Crippen LogP contribution is -2.56. The molecule has 2 N–H and O–H groups in total. The summed E-state index contributed by atoms with van der Waals surface area (Å²) in [6, 6.07) is 4.25. The van der Waals surface area contributed by atoms with E-state index in [4.69, 9.17) is 0 Å². The smallest absolute Gasteiger partial charge is 0.438 e. The first-order valence-electron chi connectivity index (χ1n) is 5.94. The highest BCUT2D eigenvalue weighted by Crippen LogP contribution is 2.44. The van der Waals surface area contributed by atoms with Crippen molar-refractivity contribution >= 4 is 11.6 Å². The van der Waals surface area contributed by atoms with Crippen molar-refractivity contribution in [3.8, 4) is 5.75 Å². The molecular formula is C12H8F6N2O3. The van der Waals surface area contributed by atoms with Gasteiger partial charge in [-0.15, -0.1) is 0 Å². The number of carbonyl (C=O) groups excluding carboxylic acids is 1. The zero-order valence-corrected chi connectivity index (χ0v) is 11.0. The molecule has 0 radical (unpaired) electrons. The highest BCUT2D eigenvalue weighted by atomic mass is 19.4. The van der Waals surface area contributed by atoms with Crippen LogP contribution in [-0.2, 0) is 0 Å². The third-order valence-electron chi connectivity index (χ3n) is 3.09. The molecule has 0 aromatic heterocycles. The number of aliphatic hydroxyl groups is 1. The number of phenols is 1. The summed E-state index contributed by atoms with van der Waals surface area (Å²) in [6.45, 7) is 0. The van der Waals surface area contributed by atoms with Crippen LogP contribution in [0.1, 0.15) is 16.8 Å². The van der Waals surface area contributed by atoms with Gasteiger partial charge in [-0.2, -0.15) is 36.5 Å². The van der Waals surface area contributed by atoms with Gasteiger partial charge in [0.1, 0.15) is 11.5 Å². The summed E-state index contributed by atoms with van der Waals surface area (Å²) in [6.07, 6.45) is -12.8. The SMILES string of the molecule is O=C(c1ccccc1O)N1N=C(C(F)(F)F)C[C@@]1(O)C(F)(F)F. The number of benzene rings is 1. The van der Waals surface area contributed by atoms with E-state index < -0.39 is 52.4 Å². The molecule has 23 heavy (non-hydrogen) atoms. The lowest BCUT2D eigenvalue weighted by Gasteiger charge is -2.32. The Kier molecular flexibility index (Phi) is 3.79. The van der Waals surface area contributed by atoms with Crippen LogP contribution in [0.4, 0.5) is 26.3 Å². The van der Waals surface area contributed by atoms with Crippen LogP contribution in [0.5, 0.6) is 5.75 Å². The van der Waals surface area contributed by atoms with Gasteiger partial charge in [0.15, 0.2) is 0 Å². The van der Waals surface area contributed by atoms with Crippen LogP contribution < -0.4 is 0 Å². The van der Waals surface area contributed by atoms with Crippen LogP contribution in [0.3, 0.4) is 0 Å². The van der Waals surface area contributed by atoms with Crippen LogP contribution in [0.15, 0.2) is 29.4 Å². The van der Waals surface area contributed by atoms with Gasteiger partial charge in [-0.1, -0.05) is 12.1 Å². The Bertz CT molecular complexity index is 669. The molecule has 1 aliphatic rings. The molecule has 1 heterocycles. The number of halogens is 6. The number of carbonyl (C=O) groups is 1. The Labute approximate surface area is 124 Å². The van der Waals surface area contributed by atoms with Gasteiger partial charge in [0.05, 0.1) is 12.0 Å². The summed E-state index contributed by atoms with van der Waals surface area (Å²) >= 11 is 0. The van der Waals surface area contributed by atoms with Crippen molar-refractivity contribution in [1.29, 1.82) is 0 Å². The molecular weight excluding hydrogens is 334 g/mol. The van der Waals surface area contributed by atoms with Crippen LogP contribution in [0.25, 0.3) is 0 Å². The predicted octanol–water partition coefficient (Wildman–Crippen LogP) is 2.41. The van der Waals surface area contributed by atoms with Crippen molar-refractivity contribution in [2.45, 2.75) is 24.5 Å². The molecule has 0 saturated heterocycles. The Balaban J connectivity index is 2.53. The maximum Gasteiger partial charge on any atom is 0.438 e. The molecule has 0 spiro atoms. The van der Waals surface area contributed by atoms with Crippen LogP contribution in [-0.4, -0.2) is 44.9 Å². The predicted molar refractivity (Wildman–Crippen MR) is 63.4 cm³/mol. The largest absolute Gasteiger partial charge is 0.507 e. The number of hydrogen-bond acceptors (Lipinski definition) is 4. The number of para-hydroxylation sites is 1. The summed E-state index contributed by atoms with van der Waals surface area (Å²) in [5, 5.41) is 21.0. The third kappa shape index (κ3) is 2.83. The fourth-order valence-electron chi connectivity index (χ4n) is 1.91. The molecule has 126 valence electrons. The first-order chi connectivity index (χ1) is 10.4. The second-order valence-corrected chi connectivity index (χ2v) is 4.67. The number of hydrogen-bond donors (Lipinski definition) is 2. The van der Waals surface area contributed by atoms with E-state index in [2.05, 4.69) is 5.10 Å². The lowest BCUT2D eigenvalue weighted by atomic mass is 10.0. The van der Waals surface area contributed by atoms with Crippen LogP contribution in [0, 0.1) is 0 Å². The van der Waals surface area contributed by atoms with Crippen molar-refractivity contribution in [3.05, 3.63) is 29.8 Å². The summed E-state index contributed by atoms with van der Waals surface area (Å²) in [5.74, 6) is -2.49. The third-order valence-corrected chi connectivity index (χ3v) is 3.09. The fraction of sp³-hybridized carbons (Fsp3) is 0.333. The van der Waals surface area contributed by atoms with Gasteiger partial charge in [-0.3, -0.25) is 4.79 Å². The minimum Gasteiger partial charge on any atom is -0.507 e. The minimum atomic E-state index is -5.59. The van der Waals surface area contributed by atoms with E-state index in [1.54, 1.807) is 0 Å². The zero-order chi connectivity index (χ0) is 17.6. The number of amides is 1. The molecule has 1 amide bonds. The van der Waals surface area contributed by atoms with Crippen molar-refractivity contribution in [2.75, 3.05) is 0 Å². The van der Waals surface area contributed by atoms with Gasteiger partial charge < -0.3 is 10.2 Å². The Morgan fingerprint density at radius 2 is 1.74 bits per heavy atom. The molecule has 0 unspecified atom stereocenters. The van der Waals surface area contributed by atoms with E-state index in [1.807, 2.05) is 0 Å². The maximum absolute atomic E-state index is 13.0. The van der Waals surface area contributed by atoms with Crippen LogP contribution in [0.2, 0.25) is 0 Å². The highest BCUT2D eigenvalue weighted by Gasteiger charge is 2.66. The second kappa shape index (κ2) is 5.11. The zero-order valence-electron chi connectivity index (χ0n) is 11.0. The average Bonchev–Trinajstić information content (AvgIpc) is 2.77. The van der Waals surface area contributed by atoms with Gasteiger partial charge >= 0.3 is 12.4 Å². The standard InChI is InChI=1S/C12H8F6N2O3/c13-11(14,15)8-5-10(23,12(16,17)18)20(19-8)9(22)6-3-1-2-4-7(6)21/h1-4,21,23H,5H2/t10-/m1/s1. The first kappa shape index (κ1) is 17.1. The van der Waals surface area contributed by atoms with Gasteiger partial charge in [-0.25, -0.2) is 0 Å².